The average molecular weight is 346 g/mol. The molecule has 0 amide bonds. The molecule has 25 heavy (non-hydrogen) atoms. The van der Waals surface area contributed by atoms with Crippen LogP contribution in [0.4, 0.5) is 11.8 Å². The molecular formula is C18H26N4O3. The summed E-state index contributed by atoms with van der Waals surface area (Å²) in [7, 11) is 0. The fourth-order valence-corrected chi connectivity index (χ4v) is 4.13. The monoisotopic (exact) mass is 346 g/mol. The average Bonchev–Trinajstić information content (AvgIpc) is 3.32. The van der Waals surface area contributed by atoms with Crippen molar-refractivity contribution in [2.45, 2.75) is 44.6 Å². The number of aliphatic hydroxyl groups excluding tert-OH is 1. The minimum atomic E-state index is -0.639. The zero-order chi connectivity index (χ0) is 17.4. The van der Waals surface area contributed by atoms with Crippen LogP contribution in [-0.4, -0.2) is 58.4 Å². The number of aliphatic hydroxyl groups is 1. The molecule has 2 saturated heterocycles. The SMILES string of the molecule is O=C(O)C1(CC2CC2)CCN(c2nccc(N3CCC(O)C3)n2)CC1. The van der Waals surface area contributed by atoms with E-state index in [4.69, 9.17) is 0 Å². The highest BCUT2D eigenvalue weighted by atomic mass is 16.4. The summed E-state index contributed by atoms with van der Waals surface area (Å²) in [6.07, 6.45) is 6.76. The Balaban J connectivity index is 1.44. The van der Waals surface area contributed by atoms with E-state index >= 15 is 0 Å². The van der Waals surface area contributed by atoms with Crippen LogP contribution in [0.3, 0.4) is 0 Å². The van der Waals surface area contributed by atoms with Crippen molar-refractivity contribution >= 4 is 17.7 Å². The van der Waals surface area contributed by atoms with Gasteiger partial charge in [-0.15, -0.1) is 0 Å². The van der Waals surface area contributed by atoms with Gasteiger partial charge in [0.05, 0.1) is 11.5 Å². The smallest absolute Gasteiger partial charge is 0.309 e. The summed E-state index contributed by atoms with van der Waals surface area (Å²) >= 11 is 0. The lowest BCUT2D eigenvalue weighted by Crippen LogP contribution is -2.45. The third kappa shape index (κ3) is 3.42. The Bertz CT molecular complexity index is 641. The maximum atomic E-state index is 11.9. The highest BCUT2D eigenvalue weighted by Crippen LogP contribution is 2.46. The normalized spacial score (nSPS) is 26.0. The molecule has 1 atom stereocenters. The first-order valence-corrected chi connectivity index (χ1v) is 9.30. The van der Waals surface area contributed by atoms with Crippen molar-refractivity contribution in [1.29, 1.82) is 0 Å². The minimum Gasteiger partial charge on any atom is -0.481 e. The second-order valence-electron chi connectivity index (χ2n) is 7.82. The van der Waals surface area contributed by atoms with Crippen LogP contribution in [0, 0.1) is 11.3 Å². The fourth-order valence-electron chi connectivity index (χ4n) is 4.13. The van der Waals surface area contributed by atoms with Crippen LogP contribution < -0.4 is 9.80 Å². The molecule has 7 nitrogen and oxygen atoms in total. The largest absolute Gasteiger partial charge is 0.481 e. The zero-order valence-corrected chi connectivity index (χ0v) is 14.5. The number of carbonyl (C=O) groups is 1. The van der Waals surface area contributed by atoms with Gasteiger partial charge in [0, 0.05) is 32.4 Å². The molecular weight excluding hydrogens is 320 g/mol. The molecule has 0 radical (unpaired) electrons. The summed E-state index contributed by atoms with van der Waals surface area (Å²) in [5.41, 5.74) is -0.561. The van der Waals surface area contributed by atoms with Gasteiger partial charge in [0.2, 0.25) is 5.95 Å². The van der Waals surface area contributed by atoms with E-state index in [9.17, 15) is 15.0 Å². The predicted octanol–water partition coefficient (Wildman–Crippen LogP) is 1.52. The number of aromatic nitrogens is 2. The van der Waals surface area contributed by atoms with E-state index in [0.717, 1.165) is 25.2 Å². The fraction of sp³-hybridized carbons (Fsp3) is 0.722. The number of carboxylic acid groups (broad SMARTS) is 1. The molecule has 2 aliphatic heterocycles. The van der Waals surface area contributed by atoms with Gasteiger partial charge >= 0.3 is 5.97 Å². The third-order valence-corrected chi connectivity index (χ3v) is 5.95. The molecule has 1 aromatic heterocycles. The molecule has 4 rings (SSSR count). The summed E-state index contributed by atoms with van der Waals surface area (Å²) in [6.45, 7) is 2.79. The molecule has 0 bridgehead atoms. The van der Waals surface area contributed by atoms with Crippen LogP contribution in [0.25, 0.3) is 0 Å². The lowest BCUT2D eigenvalue weighted by Gasteiger charge is -2.39. The number of anilines is 2. The zero-order valence-electron chi connectivity index (χ0n) is 14.5. The molecule has 0 spiro atoms. The molecule has 1 aliphatic carbocycles. The van der Waals surface area contributed by atoms with Crippen LogP contribution in [0.2, 0.25) is 0 Å². The topological polar surface area (TPSA) is 89.8 Å². The molecule has 3 heterocycles. The van der Waals surface area contributed by atoms with Crippen molar-refractivity contribution in [3.8, 4) is 0 Å². The summed E-state index contributed by atoms with van der Waals surface area (Å²) in [6, 6.07) is 1.88. The van der Waals surface area contributed by atoms with Crippen LogP contribution >= 0.6 is 0 Å². The lowest BCUT2D eigenvalue weighted by atomic mass is 9.74. The van der Waals surface area contributed by atoms with Gasteiger partial charge in [-0.05, 0) is 37.7 Å². The van der Waals surface area contributed by atoms with Crippen molar-refractivity contribution in [2.24, 2.45) is 11.3 Å². The highest BCUT2D eigenvalue weighted by molar-refractivity contribution is 5.75. The van der Waals surface area contributed by atoms with E-state index in [2.05, 4.69) is 19.8 Å². The maximum absolute atomic E-state index is 11.9. The van der Waals surface area contributed by atoms with Crippen molar-refractivity contribution in [3.05, 3.63) is 12.3 Å². The van der Waals surface area contributed by atoms with Crippen molar-refractivity contribution in [2.75, 3.05) is 36.0 Å². The Morgan fingerprint density at radius 2 is 1.96 bits per heavy atom. The summed E-state index contributed by atoms with van der Waals surface area (Å²) < 4.78 is 0. The van der Waals surface area contributed by atoms with Crippen molar-refractivity contribution in [3.63, 3.8) is 0 Å². The molecule has 1 saturated carbocycles. The third-order valence-electron chi connectivity index (χ3n) is 5.95. The number of hydrogen-bond acceptors (Lipinski definition) is 6. The number of hydrogen-bond donors (Lipinski definition) is 2. The number of aliphatic carboxylic acids is 1. The van der Waals surface area contributed by atoms with Crippen molar-refractivity contribution in [1.82, 2.24) is 9.97 Å². The summed E-state index contributed by atoms with van der Waals surface area (Å²) in [5.74, 6) is 1.49. The van der Waals surface area contributed by atoms with Crippen LogP contribution in [0.15, 0.2) is 12.3 Å². The van der Waals surface area contributed by atoms with Gasteiger partial charge < -0.3 is 20.0 Å². The Kier molecular flexibility index (Phi) is 4.27. The molecule has 136 valence electrons. The van der Waals surface area contributed by atoms with Gasteiger partial charge in [0.25, 0.3) is 0 Å². The second-order valence-corrected chi connectivity index (χ2v) is 7.82. The first-order valence-electron chi connectivity index (χ1n) is 9.30. The van der Waals surface area contributed by atoms with E-state index in [1.807, 2.05) is 6.07 Å². The van der Waals surface area contributed by atoms with Crippen LogP contribution in [-0.2, 0) is 4.79 Å². The molecule has 3 aliphatic rings. The predicted molar refractivity (Wildman–Crippen MR) is 93.7 cm³/mol. The maximum Gasteiger partial charge on any atom is 0.309 e. The lowest BCUT2D eigenvalue weighted by molar-refractivity contribution is -0.151. The molecule has 0 aromatic carbocycles. The molecule has 2 N–H and O–H groups in total. The van der Waals surface area contributed by atoms with Gasteiger partial charge in [0.15, 0.2) is 0 Å². The second kappa shape index (κ2) is 6.44. The van der Waals surface area contributed by atoms with E-state index < -0.39 is 11.4 Å². The molecule has 3 fully saturated rings. The van der Waals surface area contributed by atoms with Crippen LogP contribution in [0.1, 0.15) is 38.5 Å². The molecule has 7 heteroatoms. The number of piperidine rings is 1. The number of rotatable bonds is 5. The van der Waals surface area contributed by atoms with E-state index in [1.165, 1.54) is 12.8 Å². The minimum absolute atomic E-state index is 0.285. The Labute approximate surface area is 147 Å². The van der Waals surface area contributed by atoms with Gasteiger partial charge in [0.1, 0.15) is 5.82 Å². The summed E-state index contributed by atoms with van der Waals surface area (Å²) in [5, 5.41) is 19.5. The van der Waals surface area contributed by atoms with Gasteiger partial charge in [-0.3, -0.25) is 4.79 Å². The Morgan fingerprint density at radius 3 is 2.56 bits per heavy atom. The number of nitrogens with zero attached hydrogens (tertiary/aromatic N) is 4. The number of carboxylic acids is 1. The van der Waals surface area contributed by atoms with Crippen LogP contribution in [0.5, 0.6) is 0 Å². The summed E-state index contributed by atoms with van der Waals surface area (Å²) in [4.78, 5) is 25.1. The first-order chi connectivity index (χ1) is 12.1. The molecule has 1 aromatic rings. The van der Waals surface area contributed by atoms with Crippen molar-refractivity contribution < 1.29 is 15.0 Å². The molecule has 1 unspecified atom stereocenters. The highest BCUT2D eigenvalue weighted by Gasteiger charge is 2.45. The Hall–Kier alpha value is -1.89. The Morgan fingerprint density at radius 1 is 1.20 bits per heavy atom. The number of β-amino-alcohol motifs (C(OH)–C–C–N with tert-alkyl or cyclic N) is 1. The van der Waals surface area contributed by atoms with E-state index in [0.29, 0.717) is 44.3 Å². The van der Waals surface area contributed by atoms with Gasteiger partial charge in [-0.2, -0.15) is 4.98 Å². The van der Waals surface area contributed by atoms with E-state index in [1.54, 1.807) is 6.20 Å². The quantitative estimate of drug-likeness (QED) is 0.835. The standard InChI is InChI=1S/C18H26N4O3/c23-14-4-8-22(12-14)15-3-7-19-17(20-15)21-9-5-18(6-10-21,16(24)25)11-13-1-2-13/h3,7,13-14,23H,1-2,4-6,8-12H2,(H,24,25). The van der Waals surface area contributed by atoms with E-state index in [-0.39, 0.29) is 6.10 Å². The van der Waals surface area contributed by atoms with Gasteiger partial charge in [-0.1, -0.05) is 12.8 Å². The van der Waals surface area contributed by atoms with Gasteiger partial charge in [-0.25, -0.2) is 4.98 Å². The first kappa shape index (κ1) is 16.6.